The van der Waals surface area contributed by atoms with Gasteiger partial charge in [-0.15, -0.1) is 13.2 Å². The lowest BCUT2D eigenvalue weighted by Crippen LogP contribution is -2.48. The molecule has 0 bridgehead atoms. The Labute approximate surface area is 196 Å². The minimum absolute atomic E-state index is 0.164. The molecule has 1 aliphatic heterocycles. The normalized spacial score (nSPS) is 15.0. The highest BCUT2D eigenvalue weighted by Crippen LogP contribution is 2.39. The zero-order valence-corrected chi connectivity index (χ0v) is 19.3. The summed E-state index contributed by atoms with van der Waals surface area (Å²) >= 11 is 0. The topological polar surface area (TPSA) is 72.5 Å². The van der Waals surface area contributed by atoms with Crippen molar-refractivity contribution >= 4 is 11.6 Å². The van der Waals surface area contributed by atoms with Crippen LogP contribution < -0.4 is 24.3 Å². The molecule has 1 fully saturated rings. The van der Waals surface area contributed by atoms with Crippen molar-refractivity contribution in [2.45, 2.75) is 12.9 Å². The van der Waals surface area contributed by atoms with Crippen LogP contribution in [0.25, 0.3) is 0 Å². The van der Waals surface area contributed by atoms with Crippen molar-refractivity contribution in [3.8, 4) is 23.0 Å². The second-order valence-corrected chi connectivity index (χ2v) is 7.71. The Bertz CT molecular complexity index is 936. The molecule has 1 amide bonds. The summed E-state index contributed by atoms with van der Waals surface area (Å²) in [6, 6.07) is 9.21. The summed E-state index contributed by atoms with van der Waals surface area (Å²) in [5, 5.41) is 2.86. The van der Waals surface area contributed by atoms with E-state index in [1.54, 1.807) is 24.3 Å². The van der Waals surface area contributed by atoms with E-state index in [2.05, 4.69) is 15.0 Å². The van der Waals surface area contributed by atoms with Gasteiger partial charge in [0.25, 0.3) is 0 Å². The van der Waals surface area contributed by atoms with Gasteiger partial charge < -0.3 is 24.3 Å². The first-order valence-electron chi connectivity index (χ1n) is 10.6. The molecule has 0 radical (unpaired) electrons. The zero-order chi connectivity index (χ0) is 24.7. The van der Waals surface area contributed by atoms with Crippen LogP contribution in [-0.2, 0) is 11.3 Å². The van der Waals surface area contributed by atoms with Gasteiger partial charge in [-0.2, -0.15) is 0 Å². The van der Waals surface area contributed by atoms with Crippen LogP contribution in [0, 0.1) is 0 Å². The fourth-order valence-electron chi connectivity index (χ4n) is 3.72. The molecule has 2 aromatic carbocycles. The average Bonchev–Trinajstić information content (AvgIpc) is 2.80. The maximum atomic E-state index is 12.6. The molecule has 0 aromatic heterocycles. The number of anilines is 1. The molecular formula is C23H28F3N3O5. The fourth-order valence-corrected chi connectivity index (χ4v) is 3.72. The van der Waals surface area contributed by atoms with Gasteiger partial charge in [0.2, 0.25) is 11.7 Å². The molecule has 2 aromatic rings. The molecule has 0 saturated carbocycles. The van der Waals surface area contributed by atoms with Crippen LogP contribution in [0.1, 0.15) is 5.56 Å². The van der Waals surface area contributed by atoms with Crippen molar-refractivity contribution in [2.75, 3.05) is 59.4 Å². The van der Waals surface area contributed by atoms with Crippen LogP contribution >= 0.6 is 0 Å². The molecule has 34 heavy (non-hydrogen) atoms. The number of nitrogens with one attached hydrogen (secondary N) is 1. The number of hydrogen-bond acceptors (Lipinski definition) is 7. The molecule has 186 valence electrons. The van der Waals surface area contributed by atoms with Crippen LogP contribution in [0.4, 0.5) is 18.9 Å². The highest BCUT2D eigenvalue weighted by Gasteiger charge is 2.31. The first-order valence-corrected chi connectivity index (χ1v) is 10.6. The largest absolute Gasteiger partial charge is 0.573 e. The third-order valence-electron chi connectivity index (χ3n) is 5.34. The molecule has 0 spiro atoms. The quantitative estimate of drug-likeness (QED) is 0.587. The van der Waals surface area contributed by atoms with E-state index in [0.29, 0.717) is 42.6 Å². The number of carbonyl (C=O) groups excluding carboxylic acids is 1. The van der Waals surface area contributed by atoms with E-state index in [-0.39, 0.29) is 18.2 Å². The Balaban J connectivity index is 1.47. The number of piperazine rings is 1. The van der Waals surface area contributed by atoms with E-state index in [9.17, 15) is 18.0 Å². The highest BCUT2D eigenvalue weighted by molar-refractivity contribution is 5.93. The fraction of sp³-hybridized carbons (Fsp3) is 0.435. The van der Waals surface area contributed by atoms with Crippen LogP contribution in [0.3, 0.4) is 0 Å². The molecule has 1 saturated heterocycles. The molecule has 11 heteroatoms. The summed E-state index contributed by atoms with van der Waals surface area (Å²) in [6.07, 6.45) is -4.70. The third kappa shape index (κ3) is 7.16. The summed E-state index contributed by atoms with van der Waals surface area (Å²) in [4.78, 5) is 16.8. The summed E-state index contributed by atoms with van der Waals surface area (Å²) in [6.45, 7) is 3.69. The molecule has 1 aliphatic rings. The lowest BCUT2D eigenvalue weighted by Gasteiger charge is -2.34. The van der Waals surface area contributed by atoms with Crippen molar-refractivity contribution in [3.63, 3.8) is 0 Å². The maximum Gasteiger partial charge on any atom is 0.573 e. The molecule has 1 N–H and O–H groups in total. The Kier molecular flexibility index (Phi) is 8.46. The Morgan fingerprint density at radius 3 is 1.97 bits per heavy atom. The van der Waals surface area contributed by atoms with Gasteiger partial charge in [-0.3, -0.25) is 14.6 Å². The SMILES string of the molecule is COc1cc(NC(=O)CN2CCN(Cc3ccc(OC(F)(F)F)cc3)CC2)cc(OC)c1OC. The summed E-state index contributed by atoms with van der Waals surface area (Å²) in [5.41, 5.74) is 1.43. The van der Waals surface area contributed by atoms with Crippen LogP contribution in [0.5, 0.6) is 23.0 Å². The Morgan fingerprint density at radius 1 is 0.912 bits per heavy atom. The van der Waals surface area contributed by atoms with Crippen molar-refractivity contribution in [1.29, 1.82) is 0 Å². The summed E-state index contributed by atoms with van der Waals surface area (Å²) < 4.78 is 56.7. The van der Waals surface area contributed by atoms with E-state index in [4.69, 9.17) is 14.2 Å². The summed E-state index contributed by atoms with van der Waals surface area (Å²) in [5.74, 6) is 0.941. The molecule has 0 aliphatic carbocycles. The summed E-state index contributed by atoms with van der Waals surface area (Å²) in [7, 11) is 4.52. The van der Waals surface area contributed by atoms with Crippen LogP contribution in [0.2, 0.25) is 0 Å². The van der Waals surface area contributed by atoms with Gasteiger partial charge in [0, 0.05) is 50.5 Å². The third-order valence-corrected chi connectivity index (χ3v) is 5.34. The Morgan fingerprint density at radius 2 is 1.47 bits per heavy atom. The number of alkyl halides is 3. The van der Waals surface area contributed by atoms with E-state index in [1.807, 2.05) is 4.90 Å². The molecule has 0 atom stereocenters. The molecular weight excluding hydrogens is 455 g/mol. The molecule has 8 nitrogen and oxygen atoms in total. The van der Waals surface area contributed by atoms with E-state index in [0.717, 1.165) is 18.7 Å². The van der Waals surface area contributed by atoms with E-state index < -0.39 is 6.36 Å². The second kappa shape index (κ2) is 11.3. The van der Waals surface area contributed by atoms with Crippen molar-refractivity contribution in [1.82, 2.24) is 9.80 Å². The van der Waals surface area contributed by atoms with Crippen molar-refractivity contribution < 1.29 is 36.9 Å². The number of nitrogens with zero attached hydrogens (tertiary/aromatic N) is 2. The number of methoxy groups -OCH3 is 3. The maximum absolute atomic E-state index is 12.6. The standard InChI is InChI=1S/C23H28F3N3O5/c1-31-19-12-17(13-20(32-2)22(19)33-3)27-21(30)15-29-10-8-28(9-11-29)14-16-4-6-18(7-5-16)34-23(24,25)26/h4-7,12-13H,8-11,14-15H2,1-3H3,(H,27,30). The van der Waals surface area contributed by atoms with Gasteiger partial charge in [0.15, 0.2) is 11.5 Å². The van der Waals surface area contributed by atoms with Crippen LogP contribution in [-0.4, -0.2) is 76.1 Å². The lowest BCUT2D eigenvalue weighted by atomic mass is 10.2. The number of hydrogen-bond donors (Lipinski definition) is 1. The predicted octanol–water partition coefficient (Wildman–Crippen LogP) is 3.37. The minimum Gasteiger partial charge on any atom is -0.493 e. The van der Waals surface area contributed by atoms with Gasteiger partial charge in [0.05, 0.1) is 27.9 Å². The van der Waals surface area contributed by atoms with E-state index >= 15 is 0 Å². The van der Waals surface area contributed by atoms with E-state index in [1.165, 1.54) is 33.5 Å². The Hall–Kier alpha value is -3.18. The number of amides is 1. The van der Waals surface area contributed by atoms with Gasteiger partial charge in [-0.25, -0.2) is 0 Å². The number of halogens is 3. The minimum atomic E-state index is -4.70. The van der Waals surface area contributed by atoms with Crippen molar-refractivity contribution in [3.05, 3.63) is 42.0 Å². The zero-order valence-electron chi connectivity index (χ0n) is 19.3. The first kappa shape index (κ1) is 25.4. The number of ether oxygens (including phenoxy) is 4. The van der Waals surface area contributed by atoms with Gasteiger partial charge in [0.1, 0.15) is 5.75 Å². The van der Waals surface area contributed by atoms with Crippen LogP contribution in [0.15, 0.2) is 36.4 Å². The average molecular weight is 483 g/mol. The highest BCUT2D eigenvalue weighted by atomic mass is 19.4. The number of rotatable bonds is 9. The molecule has 0 unspecified atom stereocenters. The van der Waals surface area contributed by atoms with Gasteiger partial charge in [-0.1, -0.05) is 12.1 Å². The van der Waals surface area contributed by atoms with Gasteiger partial charge in [-0.05, 0) is 17.7 Å². The van der Waals surface area contributed by atoms with Gasteiger partial charge >= 0.3 is 6.36 Å². The van der Waals surface area contributed by atoms with Crippen molar-refractivity contribution in [2.24, 2.45) is 0 Å². The first-order chi connectivity index (χ1) is 16.2. The lowest BCUT2D eigenvalue weighted by molar-refractivity contribution is -0.274. The number of benzene rings is 2. The number of carbonyl (C=O) groups is 1. The predicted molar refractivity (Wildman–Crippen MR) is 120 cm³/mol. The smallest absolute Gasteiger partial charge is 0.493 e. The monoisotopic (exact) mass is 483 g/mol. The molecule has 3 rings (SSSR count). The molecule has 1 heterocycles. The second-order valence-electron chi connectivity index (χ2n) is 7.71.